The van der Waals surface area contributed by atoms with Gasteiger partial charge in [0, 0.05) is 14.7 Å². The molecule has 278 valence electrons. The van der Waals surface area contributed by atoms with Gasteiger partial charge in [-0.1, -0.05) is 54.6 Å². The molecule has 0 aliphatic heterocycles. The molecule has 54 heavy (non-hydrogen) atoms. The summed E-state index contributed by atoms with van der Waals surface area (Å²) >= 11 is 0. The fourth-order valence-electron chi connectivity index (χ4n) is 7.14. The molecular formula is C42H35F3O7S2. The maximum absolute atomic E-state index is 14.5. The highest BCUT2D eigenvalue weighted by Crippen LogP contribution is 2.72. The second-order valence-electron chi connectivity index (χ2n) is 12.3. The third-order valence-electron chi connectivity index (χ3n) is 9.65. The summed E-state index contributed by atoms with van der Waals surface area (Å²) in [5, 5.41) is 0. The highest BCUT2D eigenvalue weighted by Gasteiger charge is 2.53. The molecule has 0 aromatic heterocycles. The number of benzene rings is 6. The molecule has 0 spiro atoms. The van der Waals surface area contributed by atoms with Gasteiger partial charge in [-0.3, -0.25) is 0 Å². The molecule has 1 aliphatic rings. The minimum Gasteiger partial charge on any atom is -0.497 e. The second-order valence-corrected chi connectivity index (χ2v) is 16.8. The molecule has 0 bridgehead atoms. The van der Waals surface area contributed by atoms with E-state index in [9.17, 15) is 21.6 Å². The molecule has 1 aliphatic carbocycles. The van der Waals surface area contributed by atoms with Gasteiger partial charge in [0.2, 0.25) is 0 Å². The lowest BCUT2D eigenvalue weighted by Gasteiger charge is -2.41. The first-order chi connectivity index (χ1) is 25.9. The smallest absolute Gasteiger partial charge is 0.497 e. The molecule has 6 aromatic carbocycles. The van der Waals surface area contributed by atoms with Crippen molar-refractivity contribution in [3.8, 4) is 34.1 Å². The van der Waals surface area contributed by atoms with Crippen LogP contribution in [0.15, 0.2) is 154 Å². The van der Waals surface area contributed by atoms with Crippen molar-refractivity contribution < 1.29 is 44.2 Å². The summed E-state index contributed by atoms with van der Waals surface area (Å²) in [6.45, 7) is 0. The van der Waals surface area contributed by atoms with Crippen LogP contribution in [-0.4, -0.2) is 42.4 Å². The van der Waals surface area contributed by atoms with E-state index in [1.54, 1.807) is 50.6 Å². The standard InChI is InChI=1S/C42H35F3O7S2/c1-48-30-13-9-28(10-14-30)41(29-11-15-31(49-2)16-12-29)39-8-6-5-7-37(39)38-26-25-36(27-40(38)41)53(52-54(46,47)42(43,44)45,34-21-17-32(50-3)18-22-34)35-23-19-33(51-4)20-24-35/h5-27H,1-4H3. The van der Waals surface area contributed by atoms with E-state index in [2.05, 4.69) is 0 Å². The summed E-state index contributed by atoms with van der Waals surface area (Å²) in [6, 6.07) is 40.8. The molecule has 0 atom stereocenters. The van der Waals surface area contributed by atoms with Crippen LogP contribution in [0.25, 0.3) is 11.1 Å². The zero-order chi connectivity index (χ0) is 38.3. The quantitative estimate of drug-likeness (QED) is 0.121. The van der Waals surface area contributed by atoms with Crippen molar-refractivity contribution >= 4 is 20.4 Å². The second kappa shape index (κ2) is 14.1. The zero-order valence-corrected chi connectivity index (χ0v) is 31.2. The minimum atomic E-state index is -6.20. The fourth-order valence-corrected chi connectivity index (χ4v) is 11.9. The topological polar surface area (TPSA) is 80.3 Å². The maximum Gasteiger partial charge on any atom is 0.524 e. The Labute approximate surface area is 313 Å². The highest BCUT2D eigenvalue weighted by molar-refractivity contribution is 8.33. The SMILES string of the molecule is COc1ccc(C2(c3ccc(OC)cc3)c3ccccc3-c3ccc(S(OS(=O)(=O)C(F)(F)F)(c4ccc(OC)cc4)c4ccc(OC)cc4)cc32)cc1. The average Bonchev–Trinajstić information content (AvgIpc) is 3.50. The third kappa shape index (κ3) is 5.94. The fraction of sp³-hybridized carbons (Fsp3) is 0.143. The molecule has 0 saturated heterocycles. The van der Waals surface area contributed by atoms with Crippen LogP contribution in [0, 0.1) is 0 Å². The van der Waals surface area contributed by atoms with Gasteiger partial charge in [-0.15, -0.1) is 0 Å². The minimum absolute atomic E-state index is 0.191. The lowest BCUT2D eigenvalue weighted by atomic mass is 9.67. The summed E-state index contributed by atoms with van der Waals surface area (Å²) in [4.78, 5) is 0.594. The van der Waals surface area contributed by atoms with E-state index in [4.69, 9.17) is 22.6 Å². The van der Waals surface area contributed by atoms with Crippen molar-refractivity contribution in [2.75, 3.05) is 28.4 Å². The summed E-state index contributed by atoms with van der Waals surface area (Å²) in [6.07, 6.45) is 0. The van der Waals surface area contributed by atoms with Crippen LogP contribution in [0.4, 0.5) is 13.2 Å². The number of hydrogen-bond acceptors (Lipinski definition) is 7. The number of hydrogen-bond donors (Lipinski definition) is 0. The van der Waals surface area contributed by atoms with Crippen LogP contribution in [0.3, 0.4) is 0 Å². The molecule has 0 amide bonds. The molecule has 0 radical (unpaired) electrons. The van der Waals surface area contributed by atoms with Gasteiger partial charge in [-0.05, 0) is 129 Å². The van der Waals surface area contributed by atoms with E-state index in [1.807, 2.05) is 78.9 Å². The number of fused-ring (bicyclic) bond motifs is 3. The predicted octanol–water partition coefficient (Wildman–Crippen LogP) is 10.1. The van der Waals surface area contributed by atoms with E-state index < -0.39 is 31.4 Å². The summed E-state index contributed by atoms with van der Waals surface area (Å²) in [5.74, 6) is 2.11. The van der Waals surface area contributed by atoms with Crippen LogP contribution in [-0.2, 0) is 19.2 Å². The molecule has 0 fully saturated rings. The summed E-state index contributed by atoms with van der Waals surface area (Å²) < 4.78 is 97.6. The van der Waals surface area contributed by atoms with E-state index in [-0.39, 0.29) is 14.7 Å². The normalized spacial score (nSPS) is 13.8. The van der Waals surface area contributed by atoms with Crippen LogP contribution in [0.2, 0.25) is 0 Å². The Hall–Kier alpha value is -5.43. The monoisotopic (exact) mass is 772 g/mol. The lowest BCUT2D eigenvalue weighted by Crippen LogP contribution is -2.29. The molecule has 7 rings (SSSR count). The molecule has 0 N–H and O–H groups in total. The van der Waals surface area contributed by atoms with E-state index in [0.717, 1.165) is 27.8 Å². The number of alkyl halides is 3. The van der Waals surface area contributed by atoms with E-state index in [0.29, 0.717) is 28.6 Å². The van der Waals surface area contributed by atoms with Gasteiger partial charge in [0.25, 0.3) is 0 Å². The first-order valence-corrected chi connectivity index (χ1v) is 19.6. The Morgan fingerprint density at radius 1 is 0.481 bits per heavy atom. The van der Waals surface area contributed by atoms with Crippen LogP contribution in [0.1, 0.15) is 22.3 Å². The van der Waals surface area contributed by atoms with Gasteiger partial charge in [0.05, 0.1) is 33.9 Å². The van der Waals surface area contributed by atoms with Crippen LogP contribution in [0.5, 0.6) is 23.0 Å². The average molecular weight is 773 g/mol. The molecule has 6 aromatic rings. The number of ether oxygens (including phenoxy) is 4. The highest BCUT2D eigenvalue weighted by atomic mass is 32.3. The van der Waals surface area contributed by atoms with Crippen molar-refractivity contribution in [1.29, 1.82) is 0 Å². The number of methoxy groups -OCH3 is 4. The molecule has 7 nitrogen and oxygen atoms in total. The number of halogens is 3. The first kappa shape index (κ1) is 36.9. The van der Waals surface area contributed by atoms with Crippen molar-refractivity contribution in [3.63, 3.8) is 0 Å². The summed E-state index contributed by atoms with van der Waals surface area (Å²) in [5.41, 5.74) is -1.72. The van der Waals surface area contributed by atoms with E-state index >= 15 is 0 Å². The molecule has 12 heteroatoms. The molecular weight excluding hydrogens is 738 g/mol. The first-order valence-electron chi connectivity index (χ1n) is 16.6. The van der Waals surface area contributed by atoms with Gasteiger partial charge in [0.15, 0.2) is 0 Å². The van der Waals surface area contributed by atoms with Gasteiger partial charge < -0.3 is 18.9 Å². The maximum atomic E-state index is 14.5. The van der Waals surface area contributed by atoms with E-state index in [1.165, 1.54) is 38.5 Å². The Balaban J connectivity index is 1.62. The van der Waals surface area contributed by atoms with Gasteiger partial charge >= 0.3 is 15.6 Å². The molecule has 0 heterocycles. The van der Waals surface area contributed by atoms with Crippen LogP contribution < -0.4 is 18.9 Å². The molecule has 0 unspecified atom stereocenters. The van der Waals surface area contributed by atoms with Gasteiger partial charge in [-0.25, -0.2) is 0 Å². The Kier molecular flexibility index (Phi) is 9.63. The lowest BCUT2D eigenvalue weighted by molar-refractivity contribution is -0.0496. The molecule has 0 saturated carbocycles. The Morgan fingerprint density at radius 3 is 1.30 bits per heavy atom. The third-order valence-corrected chi connectivity index (χ3v) is 14.5. The van der Waals surface area contributed by atoms with Gasteiger partial charge in [0.1, 0.15) is 23.0 Å². The van der Waals surface area contributed by atoms with Crippen molar-refractivity contribution in [2.24, 2.45) is 0 Å². The van der Waals surface area contributed by atoms with Gasteiger partial charge in [-0.2, -0.15) is 25.2 Å². The zero-order valence-electron chi connectivity index (χ0n) is 29.6. The van der Waals surface area contributed by atoms with Crippen molar-refractivity contribution in [3.05, 3.63) is 162 Å². The number of rotatable bonds is 11. The Bertz CT molecular complexity index is 2300. The van der Waals surface area contributed by atoms with Crippen molar-refractivity contribution in [2.45, 2.75) is 25.6 Å². The van der Waals surface area contributed by atoms with Crippen LogP contribution >= 0.6 is 10.3 Å². The summed E-state index contributed by atoms with van der Waals surface area (Å²) in [7, 11) is -3.85. The Morgan fingerprint density at radius 2 is 0.870 bits per heavy atom. The largest absolute Gasteiger partial charge is 0.524 e. The predicted molar refractivity (Wildman–Crippen MR) is 201 cm³/mol. The van der Waals surface area contributed by atoms with Crippen molar-refractivity contribution in [1.82, 2.24) is 0 Å².